The Morgan fingerprint density at radius 2 is 1.92 bits per heavy atom. The van der Waals surface area contributed by atoms with Crippen LogP contribution in [-0.2, 0) is 16.1 Å². The van der Waals surface area contributed by atoms with E-state index in [9.17, 15) is 9.59 Å². The van der Waals surface area contributed by atoms with Gasteiger partial charge in [0.1, 0.15) is 5.92 Å². The molecule has 2 aromatic carbocycles. The van der Waals surface area contributed by atoms with Gasteiger partial charge in [-0.15, -0.1) is 0 Å². The maximum atomic E-state index is 12.6. The number of carbonyl (C=O) groups excluding carboxylic acids is 2. The van der Waals surface area contributed by atoms with Gasteiger partial charge in [-0.3, -0.25) is 9.59 Å². The van der Waals surface area contributed by atoms with Gasteiger partial charge in [0.25, 0.3) is 0 Å². The van der Waals surface area contributed by atoms with Crippen LogP contribution in [0, 0.1) is 19.8 Å². The first-order valence-corrected chi connectivity index (χ1v) is 8.74. The van der Waals surface area contributed by atoms with Gasteiger partial charge in [0.15, 0.2) is 0 Å². The molecule has 2 amide bonds. The fraction of sp³-hybridized carbons (Fsp3) is 0.300. The third-order valence-corrected chi connectivity index (χ3v) is 4.87. The molecule has 0 unspecified atom stereocenters. The highest BCUT2D eigenvalue weighted by Gasteiger charge is 2.37. The second kappa shape index (κ2) is 7.28. The molecule has 0 aliphatic carbocycles. The fourth-order valence-corrected chi connectivity index (χ4v) is 3.22. The topological polar surface area (TPSA) is 49.4 Å². The maximum Gasteiger partial charge on any atom is 0.239 e. The molecule has 1 aliphatic heterocycles. The van der Waals surface area contributed by atoms with Crippen LogP contribution >= 0.6 is 11.6 Å². The molecule has 1 N–H and O–H groups in total. The van der Waals surface area contributed by atoms with Gasteiger partial charge >= 0.3 is 0 Å². The van der Waals surface area contributed by atoms with Crippen LogP contribution in [0.5, 0.6) is 0 Å². The Labute approximate surface area is 152 Å². The van der Waals surface area contributed by atoms with Crippen molar-refractivity contribution in [2.24, 2.45) is 5.92 Å². The van der Waals surface area contributed by atoms with Crippen molar-refractivity contribution in [3.05, 3.63) is 64.2 Å². The van der Waals surface area contributed by atoms with Gasteiger partial charge in [0.05, 0.1) is 0 Å². The SMILES string of the molecule is Cc1ccc(C)c(CNC(=O)[C@H]2CCN(c3ccc(Cl)cc3)C2=O)c1. The van der Waals surface area contributed by atoms with E-state index >= 15 is 0 Å². The van der Waals surface area contributed by atoms with E-state index in [1.165, 1.54) is 0 Å². The number of anilines is 1. The molecular weight excluding hydrogens is 336 g/mol. The number of aryl methyl sites for hydroxylation is 2. The second-order valence-electron chi connectivity index (χ2n) is 6.46. The molecule has 4 nitrogen and oxygen atoms in total. The minimum atomic E-state index is -0.624. The van der Waals surface area contributed by atoms with Gasteiger partial charge in [-0.1, -0.05) is 35.4 Å². The summed E-state index contributed by atoms with van der Waals surface area (Å²) in [6.45, 7) is 5.03. The van der Waals surface area contributed by atoms with Crippen LogP contribution in [0.4, 0.5) is 5.69 Å². The van der Waals surface area contributed by atoms with E-state index in [1.54, 1.807) is 29.2 Å². The molecule has 1 atom stereocenters. The molecule has 3 rings (SSSR count). The van der Waals surface area contributed by atoms with Crippen molar-refractivity contribution in [1.29, 1.82) is 0 Å². The van der Waals surface area contributed by atoms with Crippen LogP contribution in [0.3, 0.4) is 0 Å². The molecule has 0 bridgehead atoms. The highest BCUT2D eigenvalue weighted by molar-refractivity contribution is 6.30. The van der Waals surface area contributed by atoms with Crippen LogP contribution in [0.15, 0.2) is 42.5 Å². The van der Waals surface area contributed by atoms with Crippen LogP contribution < -0.4 is 10.2 Å². The molecule has 0 saturated carbocycles. The summed E-state index contributed by atoms with van der Waals surface area (Å²) < 4.78 is 0. The highest BCUT2D eigenvalue weighted by Crippen LogP contribution is 2.26. The Balaban J connectivity index is 1.64. The smallest absolute Gasteiger partial charge is 0.239 e. The van der Waals surface area contributed by atoms with Crippen molar-refractivity contribution in [1.82, 2.24) is 5.32 Å². The molecule has 2 aromatic rings. The molecule has 0 aromatic heterocycles. The number of carbonyl (C=O) groups is 2. The number of halogens is 1. The molecule has 25 heavy (non-hydrogen) atoms. The number of benzene rings is 2. The third kappa shape index (κ3) is 3.85. The fourth-order valence-electron chi connectivity index (χ4n) is 3.10. The summed E-state index contributed by atoms with van der Waals surface area (Å²) in [6, 6.07) is 13.3. The highest BCUT2D eigenvalue weighted by atomic mass is 35.5. The van der Waals surface area contributed by atoms with Crippen molar-refractivity contribution in [3.63, 3.8) is 0 Å². The van der Waals surface area contributed by atoms with Crippen molar-refractivity contribution in [2.45, 2.75) is 26.8 Å². The maximum absolute atomic E-state index is 12.6. The lowest BCUT2D eigenvalue weighted by molar-refractivity contribution is -0.132. The molecule has 5 heteroatoms. The Kier molecular flexibility index (Phi) is 5.09. The predicted molar refractivity (Wildman–Crippen MR) is 99.7 cm³/mol. The van der Waals surface area contributed by atoms with Crippen molar-refractivity contribution in [2.75, 3.05) is 11.4 Å². The minimum Gasteiger partial charge on any atom is -0.351 e. The van der Waals surface area contributed by atoms with Gasteiger partial charge in [-0.2, -0.15) is 0 Å². The van der Waals surface area contributed by atoms with Gasteiger partial charge in [-0.05, 0) is 55.7 Å². The summed E-state index contributed by atoms with van der Waals surface area (Å²) in [6.07, 6.45) is 0.528. The monoisotopic (exact) mass is 356 g/mol. The first-order valence-electron chi connectivity index (χ1n) is 8.36. The normalized spacial score (nSPS) is 17.0. The lowest BCUT2D eigenvalue weighted by Gasteiger charge is -2.17. The van der Waals surface area contributed by atoms with Crippen LogP contribution in [0.2, 0.25) is 5.02 Å². The zero-order valence-electron chi connectivity index (χ0n) is 14.4. The van der Waals surface area contributed by atoms with E-state index in [0.29, 0.717) is 24.5 Å². The van der Waals surface area contributed by atoms with Crippen LogP contribution in [-0.4, -0.2) is 18.4 Å². The summed E-state index contributed by atoms with van der Waals surface area (Å²) >= 11 is 5.89. The van der Waals surface area contributed by atoms with Gasteiger partial charge in [0.2, 0.25) is 11.8 Å². The summed E-state index contributed by atoms with van der Waals surface area (Å²) in [5.41, 5.74) is 4.14. The molecule has 1 fully saturated rings. The van der Waals surface area contributed by atoms with E-state index in [0.717, 1.165) is 22.4 Å². The zero-order valence-corrected chi connectivity index (χ0v) is 15.1. The zero-order chi connectivity index (χ0) is 18.0. The number of nitrogens with one attached hydrogen (secondary N) is 1. The van der Waals surface area contributed by atoms with Crippen molar-refractivity contribution >= 4 is 29.1 Å². The summed E-state index contributed by atoms with van der Waals surface area (Å²) in [7, 11) is 0. The Morgan fingerprint density at radius 1 is 1.20 bits per heavy atom. The molecule has 130 valence electrons. The van der Waals surface area contributed by atoms with Gasteiger partial charge < -0.3 is 10.2 Å². The largest absolute Gasteiger partial charge is 0.351 e. The minimum absolute atomic E-state index is 0.152. The standard InChI is InChI=1S/C20H21ClN2O2/c1-13-3-4-14(2)15(11-13)12-22-19(24)18-9-10-23(20(18)25)17-7-5-16(21)6-8-17/h3-8,11,18H,9-10,12H2,1-2H3,(H,22,24)/t18-/m1/s1. The number of hydrogen-bond donors (Lipinski definition) is 1. The third-order valence-electron chi connectivity index (χ3n) is 4.62. The summed E-state index contributed by atoms with van der Waals surface area (Å²) in [5.74, 6) is -0.982. The molecule has 0 radical (unpaired) electrons. The first kappa shape index (κ1) is 17.5. The quantitative estimate of drug-likeness (QED) is 0.850. The van der Waals surface area contributed by atoms with E-state index in [1.807, 2.05) is 26.0 Å². The molecular formula is C20H21ClN2O2. The molecule has 1 aliphatic rings. The molecule has 0 spiro atoms. The Hall–Kier alpha value is -2.33. The molecule has 1 saturated heterocycles. The molecule has 1 heterocycles. The van der Waals surface area contributed by atoms with E-state index in [2.05, 4.69) is 11.4 Å². The average molecular weight is 357 g/mol. The second-order valence-corrected chi connectivity index (χ2v) is 6.89. The van der Waals surface area contributed by atoms with E-state index < -0.39 is 5.92 Å². The first-order chi connectivity index (χ1) is 12.0. The van der Waals surface area contributed by atoms with Crippen LogP contribution in [0.25, 0.3) is 0 Å². The number of rotatable bonds is 4. The van der Waals surface area contributed by atoms with Crippen LogP contribution in [0.1, 0.15) is 23.1 Å². The Morgan fingerprint density at radius 3 is 2.64 bits per heavy atom. The van der Waals surface area contributed by atoms with E-state index in [-0.39, 0.29) is 11.8 Å². The van der Waals surface area contributed by atoms with E-state index in [4.69, 9.17) is 11.6 Å². The van der Waals surface area contributed by atoms with Crippen molar-refractivity contribution in [3.8, 4) is 0 Å². The predicted octanol–water partition coefficient (Wildman–Crippen LogP) is 3.63. The summed E-state index contributed by atoms with van der Waals surface area (Å²) in [4.78, 5) is 26.7. The lowest BCUT2D eigenvalue weighted by Crippen LogP contribution is -2.36. The lowest BCUT2D eigenvalue weighted by atomic mass is 10.0. The number of amides is 2. The van der Waals surface area contributed by atoms with Crippen molar-refractivity contribution < 1.29 is 9.59 Å². The van der Waals surface area contributed by atoms with Gasteiger partial charge in [0, 0.05) is 23.8 Å². The Bertz CT molecular complexity index is 802. The summed E-state index contributed by atoms with van der Waals surface area (Å²) in [5, 5.41) is 3.54. The van der Waals surface area contributed by atoms with Gasteiger partial charge in [-0.25, -0.2) is 0 Å². The average Bonchev–Trinajstić information content (AvgIpc) is 2.98. The number of nitrogens with zero attached hydrogens (tertiary/aromatic N) is 1. The number of hydrogen-bond acceptors (Lipinski definition) is 2.